The van der Waals surface area contributed by atoms with E-state index in [0.29, 0.717) is 13.2 Å². The van der Waals surface area contributed by atoms with Crippen LogP contribution in [-0.2, 0) is 17.9 Å². The van der Waals surface area contributed by atoms with Crippen LogP contribution in [0.5, 0.6) is 0 Å². The van der Waals surface area contributed by atoms with Crippen molar-refractivity contribution in [3.63, 3.8) is 0 Å². The Morgan fingerprint density at radius 3 is 2.50 bits per heavy atom. The second-order valence-corrected chi connectivity index (χ2v) is 6.59. The first-order valence-corrected chi connectivity index (χ1v) is 8.90. The summed E-state index contributed by atoms with van der Waals surface area (Å²) in [5.74, 6) is 0. The van der Waals surface area contributed by atoms with Gasteiger partial charge in [-0.2, -0.15) is 11.3 Å². The zero-order valence-corrected chi connectivity index (χ0v) is 14.8. The summed E-state index contributed by atoms with van der Waals surface area (Å²) in [6, 6.07) is 9.49. The Hall–Kier alpha value is -1.89. The molecule has 1 unspecified atom stereocenters. The van der Waals surface area contributed by atoms with Crippen molar-refractivity contribution in [2.45, 2.75) is 39.2 Å². The van der Waals surface area contributed by atoms with Gasteiger partial charge in [-0.1, -0.05) is 24.3 Å². The molecule has 0 bridgehead atoms. The zero-order valence-electron chi connectivity index (χ0n) is 14.0. The van der Waals surface area contributed by atoms with Gasteiger partial charge in [0.15, 0.2) is 0 Å². The van der Waals surface area contributed by atoms with E-state index in [1.54, 1.807) is 0 Å². The van der Waals surface area contributed by atoms with Crippen molar-refractivity contribution in [1.82, 2.24) is 10.6 Å². The van der Waals surface area contributed by atoms with Gasteiger partial charge in [0.25, 0.3) is 0 Å². The summed E-state index contributed by atoms with van der Waals surface area (Å²) in [4.78, 5) is 11.8. The predicted molar refractivity (Wildman–Crippen MR) is 95.9 cm³/mol. The van der Waals surface area contributed by atoms with Gasteiger partial charge in [-0.3, -0.25) is 0 Å². The zero-order chi connectivity index (χ0) is 17.4. The fourth-order valence-corrected chi connectivity index (χ4v) is 2.74. The number of hydrogen-bond donors (Lipinski definition) is 3. The topological polar surface area (TPSA) is 70.6 Å². The van der Waals surface area contributed by atoms with Crippen LogP contribution in [0.2, 0.25) is 0 Å². The van der Waals surface area contributed by atoms with Gasteiger partial charge in [-0.15, -0.1) is 0 Å². The maximum absolute atomic E-state index is 11.8. The number of nitrogens with one attached hydrogen (secondary N) is 2. The molecule has 2 aromatic rings. The number of hydrogen-bond acceptors (Lipinski definition) is 4. The molecule has 0 spiro atoms. The minimum atomic E-state index is -0.678. The lowest BCUT2D eigenvalue weighted by Gasteiger charge is -2.12. The molecule has 0 radical (unpaired) electrons. The Morgan fingerprint density at radius 2 is 1.88 bits per heavy atom. The number of ether oxygens (including phenoxy) is 1. The first-order valence-electron chi connectivity index (χ1n) is 7.96. The van der Waals surface area contributed by atoms with E-state index < -0.39 is 6.10 Å². The molecule has 2 rings (SSSR count). The van der Waals surface area contributed by atoms with Crippen molar-refractivity contribution in [2.75, 3.05) is 6.54 Å². The van der Waals surface area contributed by atoms with Crippen molar-refractivity contribution in [3.8, 4) is 0 Å². The third-order valence-electron chi connectivity index (χ3n) is 3.44. The van der Waals surface area contributed by atoms with Gasteiger partial charge in [-0.05, 0) is 47.4 Å². The van der Waals surface area contributed by atoms with Crippen LogP contribution >= 0.6 is 11.3 Å². The molecule has 1 heterocycles. The summed E-state index contributed by atoms with van der Waals surface area (Å²) < 4.78 is 5.55. The van der Waals surface area contributed by atoms with Gasteiger partial charge < -0.3 is 20.5 Å². The Kier molecular flexibility index (Phi) is 7.24. The molecule has 0 saturated carbocycles. The normalized spacial score (nSPS) is 12.2. The molecule has 130 valence electrons. The fourth-order valence-electron chi connectivity index (χ4n) is 2.03. The average Bonchev–Trinajstić information content (AvgIpc) is 3.11. The average molecular weight is 348 g/mol. The van der Waals surface area contributed by atoms with Crippen molar-refractivity contribution < 1.29 is 14.6 Å². The van der Waals surface area contributed by atoms with Crippen LogP contribution in [0.15, 0.2) is 41.1 Å². The van der Waals surface area contributed by atoms with Gasteiger partial charge in [0.05, 0.1) is 18.8 Å². The molecule has 0 fully saturated rings. The third kappa shape index (κ3) is 6.31. The van der Waals surface area contributed by atoms with Crippen LogP contribution in [-0.4, -0.2) is 23.8 Å². The number of urea groups is 1. The maximum atomic E-state index is 11.8. The summed E-state index contributed by atoms with van der Waals surface area (Å²) >= 11 is 1.52. The fraction of sp³-hybridized carbons (Fsp3) is 0.389. The molecular weight excluding hydrogens is 324 g/mol. The number of carbonyl (C=O) groups is 1. The smallest absolute Gasteiger partial charge is 0.315 e. The second kappa shape index (κ2) is 9.42. The van der Waals surface area contributed by atoms with Crippen molar-refractivity contribution in [2.24, 2.45) is 0 Å². The SMILES string of the molecule is CC(C)OCc1ccc(CNC(=O)NCC(O)c2ccsc2)cc1. The van der Waals surface area contributed by atoms with Gasteiger partial charge in [0.1, 0.15) is 0 Å². The van der Waals surface area contributed by atoms with Gasteiger partial charge in [-0.25, -0.2) is 4.79 Å². The molecule has 0 aliphatic heterocycles. The largest absolute Gasteiger partial charge is 0.387 e. The van der Waals surface area contributed by atoms with E-state index in [9.17, 15) is 9.90 Å². The highest BCUT2D eigenvalue weighted by Crippen LogP contribution is 2.14. The number of thiophene rings is 1. The highest BCUT2D eigenvalue weighted by atomic mass is 32.1. The first kappa shape index (κ1) is 18.4. The Labute approximate surface area is 146 Å². The van der Waals surface area contributed by atoms with E-state index in [-0.39, 0.29) is 18.7 Å². The molecule has 0 aliphatic rings. The van der Waals surface area contributed by atoms with Crippen LogP contribution in [0.3, 0.4) is 0 Å². The van der Waals surface area contributed by atoms with E-state index >= 15 is 0 Å². The lowest BCUT2D eigenvalue weighted by molar-refractivity contribution is 0.0657. The lowest BCUT2D eigenvalue weighted by Crippen LogP contribution is -2.37. The molecule has 1 aromatic carbocycles. The number of rotatable bonds is 8. The molecule has 1 aromatic heterocycles. The monoisotopic (exact) mass is 348 g/mol. The van der Waals surface area contributed by atoms with E-state index in [4.69, 9.17) is 4.74 Å². The molecule has 6 heteroatoms. The van der Waals surface area contributed by atoms with Gasteiger partial charge in [0.2, 0.25) is 0 Å². The van der Waals surface area contributed by atoms with Crippen molar-refractivity contribution in [1.29, 1.82) is 0 Å². The molecule has 24 heavy (non-hydrogen) atoms. The third-order valence-corrected chi connectivity index (χ3v) is 4.14. The molecule has 3 N–H and O–H groups in total. The Bertz CT molecular complexity index is 612. The molecule has 2 amide bonds. The summed E-state index contributed by atoms with van der Waals surface area (Å²) in [5.41, 5.74) is 2.94. The van der Waals surface area contributed by atoms with E-state index in [0.717, 1.165) is 16.7 Å². The summed E-state index contributed by atoms with van der Waals surface area (Å²) in [6.07, 6.45) is -0.471. The van der Waals surface area contributed by atoms with E-state index in [2.05, 4.69) is 10.6 Å². The number of carbonyl (C=O) groups excluding carboxylic acids is 1. The summed E-state index contributed by atoms with van der Waals surface area (Å²) in [5, 5.41) is 19.1. The molecule has 1 atom stereocenters. The minimum absolute atomic E-state index is 0.189. The number of benzene rings is 1. The highest BCUT2D eigenvalue weighted by Gasteiger charge is 2.09. The van der Waals surface area contributed by atoms with Crippen LogP contribution in [0.4, 0.5) is 4.79 Å². The number of amides is 2. The second-order valence-electron chi connectivity index (χ2n) is 5.81. The minimum Gasteiger partial charge on any atom is -0.387 e. The predicted octanol–water partition coefficient (Wildman–Crippen LogP) is 3.21. The lowest BCUT2D eigenvalue weighted by atomic mass is 10.1. The number of aliphatic hydroxyl groups excluding tert-OH is 1. The Morgan fingerprint density at radius 1 is 1.17 bits per heavy atom. The van der Waals surface area contributed by atoms with Crippen molar-refractivity contribution >= 4 is 17.4 Å². The van der Waals surface area contributed by atoms with Crippen LogP contribution < -0.4 is 10.6 Å². The van der Waals surface area contributed by atoms with Gasteiger partial charge in [0, 0.05) is 13.1 Å². The van der Waals surface area contributed by atoms with Gasteiger partial charge >= 0.3 is 6.03 Å². The van der Waals surface area contributed by atoms with E-state index in [1.807, 2.05) is 54.9 Å². The van der Waals surface area contributed by atoms with Crippen LogP contribution in [0.1, 0.15) is 36.6 Å². The summed E-state index contributed by atoms with van der Waals surface area (Å²) in [7, 11) is 0. The molecular formula is C18H24N2O3S. The maximum Gasteiger partial charge on any atom is 0.315 e. The van der Waals surface area contributed by atoms with E-state index in [1.165, 1.54) is 11.3 Å². The van der Waals surface area contributed by atoms with Crippen molar-refractivity contribution in [3.05, 3.63) is 57.8 Å². The standard InChI is InChI=1S/C18H24N2O3S/c1-13(2)23-11-15-5-3-14(4-6-15)9-19-18(22)20-10-17(21)16-7-8-24-12-16/h3-8,12-13,17,21H,9-11H2,1-2H3,(H2,19,20,22). The van der Waals surface area contributed by atoms with Crippen LogP contribution in [0, 0.1) is 0 Å². The first-order chi connectivity index (χ1) is 11.5. The van der Waals surface area contributed by atoms with Crippen LogP contribution in [0.25, 0.3) is 0 Å². The number of aliphatic hydroxyl groups is 1. The molecule has 0 aliphatic carbocycles. The summed E-state index contributed by atoms with van der Waals surface area (Å²) in [6.45, 7) is 5.23. The quantitative estimate of drug-likeness (QED) is 0.686. The highest BCUT2D eigenvalue weighted by molar-refractivity contribution is 7.07. The molecule has 5 nitrogen and oxygen atoms in total. The molecule has 0 saturated heterocycles. The Balaban J connectivity index is 1.69.